The van der Waals surface area contributed by atoms with Crippen LogP contribution in [0, 0.1) is 12.8 Å². The Labute approximate surface area is 113 Å². The van der Waals surface area contributed by atoms with Crippen molar-refractivity contribution in [3.05, 3.63) is 11.8 Å². The van der Waals surface area contributed by atoms with Gasteiger partial charge in [0.2, 0.25) is 5.95 Å². The second-order valence-electron chi connectivity index (χ2n) is 5.97. The summed E-state index contributed by atoms with van der Waals surface area (Å²) in [7, 11) is 0. The standard InChI is InChI=1S/C14H22N4O/c1-10-8-12(17-13(15)16-10)18-7-6-14(19)5-3-2-4-11(14)9-18/h8,11,19H,2-7,9H2,1H3,(H2,15,16,17). The number of nitrogen functional groups attached to an aromatic ring is 1. The Kier molecular flexibility index (Phi) is 3.09. The van der Waals surface area contributed by atoms with Crippen LogP contribution in [-0.4, -0.2) is 33.8 Å². The molecule has 0 aromatic carbocycles. The number of nitrogens with two attached hydrogens (primary N) is 1. The van der Waals surface area contributed by atoms with Crippen LogP contribution in [-0.2, 0) is 0 Å². The quantitative estimate of drug-likeness (QED) is 0.802. The minimum Gasteiger partial charge on any atom is -0.389 e. The van der Waals surface area contributed by atoms with Gasteiger partial charge in [-0.1, -0.05) is 12.8 Å². The van der Waals surface area contributed by atoms with E-state index >= 15 is 0 Å². The van der Waals surface area contributed by atoms with Crippen molar-refractivity contribution in [2.45, 2.75) is 44.6 Å². The van der Waals surface area contributed by atoms with Crippen molar-refractivity contribution in [2.75, 3.05) is 23.7 Å². The highest BCUT2D eigenvalue weighted by molar-refractivity contribution is 5.44. The van der Waals surface area contributed by atoms with Gasteiger partial charge in [-0.3, -0.25) is 0 Å². The molecule has 19 heavy (non-hydrogen) atoms. The largest absolute Gasteiger partial charge is 0.389 e. The van der Waals surface area contributed by atoms with E-state index in [2.05, 4.69) is 14.9 Å². The van der Waals surface area contributed by atoms with E-state index in [1.807, 2.05) is 13.0 Å². The Morgan fingerprint density at radius 2 is 2.21 bits per heavy atom. The molecule has 2 heterocycles. The first-order chi connectivity index (χ1) is 9.07. The molecule has 1 saturated carbocycles. The van der Waals surface area contributed by atoms with Crippen LogP contribution in [0.2, 0.25) is 0 Å². The summed E-state index contributed by atoms with van der Waals surface area (Å²) in [6.45, 7) is 3.66. The molecule has 1 aromatic heterocycles. The third kappa shape index (κ3) is 2.39. The van der Waals surface area contributed by atoms with E-state index in [1.165, 1.54) is 6.42 Å². The van der Waals surface area contributed by atoms with E-state index in [9.17, 15) is 5.11 Å². The zero-order valence-corrected chi connectivity index (χ0v) is 11.5. The molecule has 0 spiro atoms. The van der Waals surface area contributed by atoms with Gasteiger partial charge in [0, 0.05) is 30.8 Å². The van der Waals surface area contributed by atoms with Crippen LogP contribution >= 0.6 is 0 Å². The molecule has 1 saturated heterocycles. The van der Waals surface area contributed by atoms with Crippen LogP contribution in [0.4, 0.5) is 11.8 Å². The molecule has 0 amide bonds. The van der Waals surface area contributed by atoms with Crippen LogP contribution < -0.4 is 10.6 Å². The molecule has 1 aliphatic carbocycles. The molecule has 5 nitrogen and oxygen atoms in total. The molecule has 104 valence electrons. The summed E-state index contributed by atoms with van der Waals surface area (Å²) in [4.78, 5) is 10.7. The van der Waals surface area contributed by atoms with Crippen molar-refractivity contribution in [3.8, 4) is 0 Å². The van der Waals surface area contributed by atoms with Gasteiger partial charge in [-0.15, -0.1) is 0 Å². The predicted molar refractivity (Wildman–Crippen MR) is 74.9 cm³/mol. The summed E-state index contributed by atoms with van der Waals surface area (Å²) in [6, 6.07) is 1.98. The van der Waals surface area contributed by atoms with E-state index in [-0.39, 0.29) is 0 Å². The molecular weight excluding hydrogens is 240 g/mol. The van der Waals surface area contributed by atoms with Crippen LogP contribution in [0.15, 0.2) is 6.07 Å². The van der Waals surface area contributed by atoms with Crippen molar-refractivity contribution < 1.29 is 5.11 Å². The van der Waals surface area contributed by atoms with Crippen molar-refractivity contribution in [1.29, 1.82) is 0 Å². The fourth-order valence-electron chi connectivity index (χ4n) is 3.52. The maximum Gasteiger partial charge on any atom is 0.222 e. The number of piperidine rings is 1. The Hall–Kier alpha value is -1.36. The monoisotopic (exact) mass is 262 g/mol. The molecule has 2 unspecified atom stereocenters. The second kappa shape index (κ2) is 4.63. The Morgan fingerprint density at radius 1 is 1.37 bits per heavy atom. The number of rotatable bonds is 1. The number of nitrogens with zero attached hydrogens (tertiary/aromatic N) is 3. The number of anilines is 2. The Balaban J connectivity index is 1.80. The highest BCUT2D eigenvalue weighted by Crippen LogP contribution is 2.40. The van der Waals surface area contributed by atoms with Crippen molar-refractivity contribution >= 4 is 11.8 Å². The number of aromatic nitrogens is 2. The minimum atomic E-state index is -0.442. The normalized spacial score (nSPS) is 31.1. The number of hydrogen-bond donors (Lipinski definition) is 2. The summed E-state index contributed by atoms with van der Waals surface area (Å²) in [5.74, 6) is 1.60. The molecule has 1 aliphatic heterocycles. The van der Waals surface area contributed by atoms with Gasteiger partial charge in [0.1, 0.15) is 5.82 Å². The Bertz CT molecular complexity index is 458. The first kappa shape index (κ1) is 12.7. The molecule has 3 rings (SSSR count). The first-order valence-electron chi connectivity index (χ1n) is 7.15. The van der Waals surface area contributed by atoms with E-state index in [4.69, 9.17) is 5.73 Å². The average Bonchev–Trinajstić information content (AvgIpc) is 2.36. The molecule has 3 N–H and O–H groups in total. The molecule has 2 atom stereocenters. The number of hydrogen-bond acceptors (Lipinski definition) is 5. The number of aliphatic hydroxyl groups is 1. The summed E-state index contributed by atoms with van der Waals surface area (Å²) in [5.41, 5.74) is 6.18. The molecule has 1 aromatic rings. The molecule has 5 heteroatoms. The van der Waals surface area contributed by atoms with E-state index < -0.39 is 5.60 Å². The fraction of sp³-hybridized carbons (Fsp3) is 0.714. The van der Waals surface area contributed by atoms with Crippen LogP contribution in [0.3, 0.4) is 0 Å². The van der Waals surface area contributed by atoms with Crippen LogP contribution in [0.5, 0.6) is 0 Å². The molecule has 2 aliphatic rings. The van der Waals surface area contributed by atoms with Gasteiger partial charge in [-0.05, 0) is 26.2 Å². The lowest BCUT2D eigenvalue weighted by Crippen LogP contribution is -2.53. The predicted octanol–water partition coefficient (Wildman–Crippen LogP) is 1.50. The maximum atomic E-state index is 10.7. The Morgan fingerprint density at radius 3 is 3.00 bits per heavy atom. The zero-order valence-electron chi connectivity index (χ0n) is 11.5. The van der Waals surface area contributed by atoms with Gasteiger partial charge in [0.25, 0.3) is 0 Å². The number of fused-ring (bicyclic) bond motifs is 1. The summed E-state index contributed by atoms with van der Waals surface area (Å²) < 4.78 is 0. The van der Waals surface area contributed by atoms with Crippen LogP contribution in [0.1, 0.15) is 37.8 Å². The minimum absolute atomic E-state index is 0.333. The maximum absolute atomic E-state index is 10.7. The first-order valence-corrected chi connectivity index (χ1v) is 7.15. The lowest BCUT2D eigenvalue weighted by atomic mass is 9.71. The topological polar surface area (TPSA) is 75.3 Å². The van der Waals surface area contributed by atoms with Gasteiger partial charge >= 0.3 is 0 Å². The lowest BCUT2D eigenvalue weighted by molar-refractivity contribution is -0.0613. The second-order valence-corrected chi connectivity index (χ2v) is 5.97. The smallest absolute Gasteiger partial charge is 0.222 e. The SMILES string of the molecule is Cc1cc(N2CCC3(O)CCCCC3C2)nc(N)n1. The van der Waals surface area contributed by atoms with Gasteiger partial charge in [-0.25, -0.2) is 4.98 Å². The highest BCUT2D eigenvalue weighted by Gasteiger charge is 2.43. The van der Waals surface area contributed by atoms with E-state index in [0.29, 0.717) is 11.9 Å². The van der Waals surface area contributed by atoms with Crippen molar-refractivity contribution in [2.24, 2.45) is 5.92 Å². The third-order valence-corrected chi connectivity index (χ3v) is 4.61. The average molecular weight is 262 g/mol. The van der Waals surface area contributed by atoms with E-state index in [1.54, 1.807) is 0 Å². The summed E-state index contributed by atoms with van der Waals surface area (Å²) in [5, 5.41) is 10.7. The summed E-state index contributed by atoms with van der Waals surface area (Å²) in [6.07, 6.45) is 5.29. The van der Waals surface area contributed by atoms with Gasteiger partial charge in [0.15, 0.2) is 0 Å². The fourth-order valence-corrected chi connectivity index (χ4v) is 3.52. The van der Waals surface area contributed by atoms with Gasteiger partial charge in [0.05, 0.1) is 5.60 Å². The molecule has 2 fully saturated rings. The molecular formula is C14H22N4O. The van der Waals surface area contributed by atoms with Crippen molar-refractivity contribution in [3.63, 3.8) is 0 Å². The van der Waals surface area contributed by atoms with Crippen LogP contribution in [0.25, 0.3) is 0 Å². The lowest BCUT2D eigenvalue weighted by Gasteiger charge is -2.47. The van der Waals surface area contributed by atoms with Crippen molar-refractivity contribution in [1.82, 2.24) is 9.97 Å². The van der Waals surface area contributed by atoms with Gasteiger partial charge in [-0.2, -0.15) is 4.98 Å². The summed E-state index contributed by atoms with van der Waals surface area (Å²) >= 11 is 0. The zero-order chi connectivity index (χ0) is 13.5. The highest BCUT2D eigenvalue weighted by atomic mass is 16.3. The van der Waals surface area contributed by atoms with Gasteiger partial charge < -0.3 is 15.7 Å². The molecule has 0 bridgehead atoms. The third-order valence-electron chi connectivity index (χ3n) is 4.61. The van der Waals surface area contributed by atoms with E-state index in [0.717, 1.165) is 50.3 Å². The molecule has 0 radical (unpaired) electrons. The number of aryl methyl sites for hydroxylation is 1.